The molecule has 1 aliphatic heterocycles. The smallest absolute Gasteiger partial charge is 0.409 e. The average Bonchev–Trinajstić information content (AvgIpc) is 2.56. The Kier molecular flexibility index (Phi) is 6.54. The lowest BCUT2D eigenvalue weighted by Crippen LogP contribution is -2.47. The minimum Gasteiger partial charge on any atom is -0.495 e. The fraction of sp³-hybridized carbons (Fsp3) is 0.500. The number of hydrogen-bond acceptors (Lipinski definition) is 4. The second-order valence-corrected chi connectivity index (χ2v) is 5.82. The maximum atomic E-state index is 12.1. The summed E-state index contributed by atoms with van der Waals surface area (Å²) in [6, 6.07) is 4.75. The summed E-state index contributed by atoms with van der Waals surface area (Å²) >= 11 is 6.03. The number of piperidine rings is 1. The van der Waals surface area contributed by atoms with Gasteiger partial charge in [0.2, 0.25) is 0 Å². The zero-order chi connectivity index (χ0) is 17.5. The van der Waals surface area contributed by atoms with Crippen LogP contribution in [0.1, 0.15) is 19.8 Å². The van der Waals surface area contributed by atoms with Gasteiger partial charge in [-0.1, -0.05) is 11.6 Å². The van der Waals surface area contributed by atoms with Gasteiger partial charge in [0.05, 0.1) is 18.7 Å². The molecular formula is C16H22ClN3O4. The van der Waals surface area contributed by atoms with Crippen molar-refractivity contribution in [3.8, 4) is 5.75 Å². The van der Waals surface area contributed by atoms with Gasteiger partial charge >= 0.3 is 12.1 Å². The van der Waals surface area contributed by atoms with E-state index in [9.17, 15) is 9.59 Å². The number of rotatable bonds is 4. The van der Waals surface area contributed by atoms with Crippen LogP contribution in [0, 0.1) is 0 Å². The second-order valence-electron chi connectivity index (χ2n) is 5.41. The molecule has 8 heteroatoms. The first kappa shape index (κ1) is 18.2. The van der Waals surface area contributed by atoms with Gasteiger partial charge in [-0.15, -0.1) is 0 Å². The summed E-state index contributed by atoms with van der Waals surface area (Å²) in [7, 11) is 1.53. The molecule has 0 radical (unpaired) electrons. The number of likely N-dealkylation sites (tertiary alicyclic amines) is 1. The van der Waals surface area contributed by atoms with Crippen LogP contribution in [0.3, 0.4) is 0 Å². The molecule has 0 aromatic heterocycles. The van der Waals surface area contributed by atoms with Crippen LogP contribution in [0.15, 0.2) is 18.2 Å². The van der Waals surface area contributed by atoms with E-state index in [0.717, 1.165) is 0 Å². The quantitative estimate of drug-likeness (QED) is 0.869. The molecule has 0 atom stereocenters. The predicted molar refractivity (Wildman–Crippen MR) is 91.8 cm³/mol. The summed E-state index contributed by atoms with van der Waals surface area (Å²) in [5.74, 6) is 0.550. The lowest BCUT2D eigenvalue weighted by molar-refractivity contribution is 0.0959. The zero-order valence-electron chi connectivity index (χ0n) is 13.8. The van der Waals surface area contributed by atoms with Crippen molar-refractivity contribution in [2.24, 2.45) is 0 Å². The molecule has 0 spiro atoms. The number of hydrogen-bond donors (Lipinski definition) is 2. The number of amides is 3. The average molecular weight is 356 g/mol. The number of nitrogens with zero attached hydrogens (tertiary/aromatic N) is 1. The molecule has 0 bridgehead atoms. The number of methoxy groups -OCH3 is 1. The topological polar surface area (TPSA) is 79.9 Å². The van der Waals surface area contributed by atoms with E-state index in [1.54, 1.807) is 30.0 Å². The van der Waals surface area contributed by atoms with E-state index in [0.29, 0.717) is 49.0 Å². The Morgan fingerprint density at radius 1 is 1.33 bits per heavy atom. The molecule has 1 saturated heterocycles. The van der Waals surface area contributed by atoms with Crippen LogP contribution in [-0.2, 0) is 4.74 Å². The molecule has 3 amide bonds. The van der Waals surface area contributed by atoms with Crippen LogP contribution in [0.5, 0.6) is 5.75 Å². The van der Waals surface area contributed by atoms with Gasteiger partial charge in [-0.05, 0) is 38.0 Å². The lowest BCUT2D eigenvalue weighted by atomic mass is 10.1. The van der Waals surface area contributed by atoms with Gasteiger partial charge in [0.1, 0.15) is 5.75 Å². The zero-order valence-corrected chi connectivity index (χ0v) is 14.6. The molecule has 7 nitrogen and oxygen atoms in total. The molecule has 24 heavy (non-hydrogen) atoms. The number of benzene rings is 1. The van der Waals surface area contributed by atoms with Crippen LogP contribution in [0.2, 0.25) is 5.02 Å². The number of halogens is 1. The molecule has 1 heterocycles. The minimum absolute atomic E-state index is 0.0180. The van der Waals surface area contributed by atoms with E-state index < -0.39 is 0 Å². The number of carbonyl (C=O) groups is 2. The fourth-order valence-corrected chi connectivity index (χ4v) is 2.78. The lowest BCUT2D eigenvalue weighted by Gasteiger charge is -2.31. The SMILES string of the molecule is CCOC(=O)N1CCC(NC(=O)Nc2ccc(OC)c(Cl)c2)CC1. The number of urea groups is 1. The van der Waals surface area contributed by atoms with Gasteiger partial charge in [0, 0.05) is 24.8 Å². The second kappa shape index (κ2) is 8.63. The Bertz CT molecular complexity index is 589. The van der Waals surface area contributed by atoms with Crippen molar-refractivity contribution in [2.75, 3.05) is 32.1 Å². The Morgan fingerprint density at radius 3 is 2.62 bits per heavy atom. The molecule has 0 saturated carbocycles. The molecule has 1 aromatic rings. The van der Waals surface area contributed by atoms with E-state index in [4.69, 9.17) is 21.1 Å². The van der Waals surface area contributed by atoms with E-state index >= 15 is 0 Å². The molecule has 132 valence electrons. The van der Waals surface area contributed by atoms with Gasteiger partial charge in [0.25, 0.3) is 0 Å². The van der Waals surface area contributed by atoms with Crippen molar-refractivity contribution in [2.45, 2.75) is 25.8 Å². The summed E-state index contributed by atoms with van der Waals surface area (Å²) in [4.78, 5) is 25.4. The number of ether oxygens (including phenoxy) is 2. The predicted octanol–water partition coefficient (Wildman–Crippen LogP) is 3.09. The number of carbonyl (C=O) groups excluding carboxylic acids is 2. The maximum Gasteiger partial charge on any atom is 0.409 e. The van der Waals surface area contributed by atoms with E-state index in [1.807, 2.05) is 0 Å². The van der Waals surface area contributed by atoms with Crippen LogP contribution in [-0.4, -0.2) is 49.9 Å². The Morgan fingerprint density at radius 2 is 2.04 bits per heavy atom. The van der Waals surface area contributed by atoms with Gasteiger partial charge in [-0.2, -0.15) is 0 Å². The van der Waals surface area contributed by atoms with Crippen molar-refractivity contribution in [1.29, 1.82) is 0 Å². The standard InChI is InChI=1S/C16H22ClN3O4/c1-3-24-16(22)20-8-6-11(7-9-20)18-15(21)19-12-4-5-14(23-2)13(17)10-12/h4-5,10-11H,3,6-9H2,1-2H3,(H2,18,19,21). The van der Waals surface area contributed by atoms with E-state index in [2.05, 4.69) is 10.6 Å². The first-order valence-electron chi connectivity index (χ1n) is 7.86. The highest BCUT2D eigenvalue weighted by Crippen LogP contribution is 2.27. The highest BCUT2D eigenvalue weighted by molar-refractivity contribution is 6.32. The molecule has 2 rings (SSSR count). The maximum absolute atomic E-state index is 12.1. The largest absolute Gasteiger partial charge is 0.495 e. The van der Waals surface area contributed by atoms with Crippen molar-refractivity contribution in [3.05, 3.63) is 23.2 Å². The molecule has 0 aliphatic carbocycles. The Labute approximate surface area is 146 Å². The molecule has 1 aromatic carbocycles. The first-order valence-corrected chi connectivity index (χ1v) is 8.24. The molecule has 1 aliphatic rings. The van der Waals surface area contributed by atoms with Crippen molar-refractivity contribution >= 4 is 29.4 Å². The van der Waals surface area contributed by atoms with Crippen molar-refractivity contribution < 1.29 is 19.1 Å². The summed E-state index contributed by atoms with van der Waals surface area (Å²) < 4.78 is 10.0. The van der Waals surface area contributed by atoms with Crippen molar-refractivity contribution in [3.63, 3.8) is 0 Å². The van der Waals surface area contributed by atoms with Gasteiger partial charge in [-0.3, -0.25) is 0 Å². The highest BCUT2D eigenvalue weighted by atomic mass is 35.5. The van der Waals surface area contributed by atoms with Gasteiger partial charge in [0.15, 0.2) is 0 Å². The minimum atomic E-state index is -0.300. The van der Waals surface area contributed by atoms with E-state index in [-0.39, 0.29) is 18.2 Å². The van der Waals surface area contributed by atoms with Crippen LogP contribution < -0.4 is 15.4 Å². The fourth-order valence-electron chi connectivity index (χ4n) is 2.52. The third-order valence-electron chi connectivity index (χ3n) is 3.77. The normalized spacial score (nSPS) is 14.9. The third-order valence-corrected chi connectivity index (χ3v) is 4.06. The number of nitrogens with one attached hydrogen (secondary N) is 2. The monoisotopic (exact) mass is 355 g/mol. The Balaban J connectivity index is 1.79. The summed E-state index contributed by atoms with van der Waals surface area (Å²) in [6.45, 7) is 3.28. The molecule has 0 unspecified atom stereocenters. The number of anilines is 1. The molecule has 1 fully saturated rings. The van der Waals surface area contributed by atoms with Crippen LogP contribution in [0.4, 0.5) is 15.3 Å². The van der Waals surface area contributed by atoms with Crippen LogP contribution in [0.25, 0.3) is 0 Å². The summed E-state index contributed by atoms with van der Waals surface area (Å²) in [5, 5.41) is 6.07. The van der Waals surface area contributed by atoms with E-state index in [1.165, 1.54) is 7.11 Å². The van der Waals surface area contributed by atoms with Crippen LogP contribution >= 0.6 is 11.6 Å². The Hall–Kier alpha value is -2.15. The molecular weight excluding hydrogens is 334 g/mol. The highest BCUT2D eigenvalue weighted by Gasteiger charge is 2.24. The summed E-state index contributed by atoms with van der Waals surface area (Å²) in [5.41, 5.74) is 0.585. The third kappa shape index (κ3) is 4.92. The van der Waals surface area contributed by atoms with Gasteiger partial charge < -0.3 is 25.0 Å². The van der Waals surface area contributed by atoms with Gasteiger partial charge in [-0.25, -0.2) is 9.59 Å². The first-order chi connectivity index (χ1) is 11.5. The molecule has 2 N–H and O–H groups in total. The van der Waals surface area contributed by atoms with Crippen molar-refractivity contribution in [1.82, 2.24) is 10.2 Å². The summed E-state index contributed by atoms with van der Waals surface area (Å²) in [6.07, 6.45) is 1.08.